The van der Waals surface area contributed by atoms with Crippen LogP contribution in [0.4, 0.5) is 13.2 Å². The predicted molar refractivity (Wildman–Crippen MR) is 81.7 cm³/mol. The highest BCUT2D eigenvalue weighted by Gasteiger charge is 2.36. The Balaban J connectivity index is 2.01. The third kappa shape index (κ3) is 2.41. The molecule has 0 fully saturated rings. The van der Waals surface area contributed by atoms with Crippen LogP contribution in [-0.2, 0) is 6.18 Å². The molecule has 11 heteroatoms. The van der Waals surface area contributed by atoms with Crippen LogP contribution < -0.4 is 5.56 Å². The van der Waals surface area contributed by atoms with Crippen molar-refractivity contribution in [1.29, 1.82) is 0 Å². The second-order valence-corrected chi connectivity index (χ2v) is 5.43. The highest BCUT2D eigenvalue weighted by molar-refractivity contribution is 6.32. The molecule has 7 nitrogen and oxygen atoms in total. The number of halogens is 4. The van der Waals surface area contributed by atoms with Gasteiger partial charge in [-0.2, -0.15) is 22.7 Å². The molecule has 126 valence electrons. The molecule has 0 saturated heterocycles. The van der Waals surface area contributed by atoms with E-state index in [9.17, 15) is 18.0 Å². The van der Waals surface area contributed by atoms with Crippen LogP contribution in [0.3, 0.4) is 0 Å². The maximum atomic E-state index is 12.8. The number of pyridine rings is 1. The third-order valence-corrected chi connectivity index (χ3v) is 3.79. The second kappa shape index (κ2) is 5.24. The largest absolute Gasteiger partial charge is 0.453 e. The standard InChI is InChI=1S/C14H6ClF3N6O/c15-7-3-1-2-4-8(7)23-6-5-9-10(11(23)25)20-21-13-19-12(14(16,17)18)22-24(9)13/h1-6H. The van der Waals surface area contributed by atoms with Crippen molar-refractivity contribution in [3.8, 4) is 5.69 Å². The highest BCUT2D eigenvalue weighted by atomic mass is 35.5. The zero-order chi connectivity index (χ0) is 17.8. The van der Waals surface area contributed by atoms with Crippen molar-refractivity contribution < 1.29 is 13.2 Å². The molecular weight excluding hydrogens is 361 g/mol. The second-order valence-electron chi connectivity index (χ2n) is 5.02. The number of hydrogen-bond acceptors (Lipinski definition) is 5. The van der Waals surface area contributed by atoms with Crippen molar-refractivity contribution in [3.63, 3.8) is 0 Å². The molecule has 0 unspecified atom stereocenters. The zero-order valence-corrected chi connectivity index (χ0v) is 12.8. The number of benzene rings is 1. The fourth-order valence-corrected chi connectivity index (χ4v) is 2.59. The normalized spacial score (nSPS) is 12.2. The molecule has 4 aromatic rings. The van der Waals surface area contributed by atoms with Gasteiger partial charge in [0.2, 0.25) is 0 Å². The summed E-state index contributed by atoms with van der Waals surface area (Å²) in [4.78, 5) is 15.9. The predicted octanol–water partition coefficient (Wildman–Crippen LogP) is 2.50. The van der Waals surface area contributed by atoms with E-state index in [1.54, 1.807) is 24.3 Å². The van der Waals surface area contributed by atoms with Crippen molar-refractivity contribution in [2.45, 2.75) is 6.18 Å². The molecule has 0 saturated carbocycles. The first kappa shape index (κ1) is 15.5. The minimum absolute atomic E-state index is 0.0568. The van der Waals surface area contributed by atoms with E-state index in [0.717, 1.165) is 4.52 Å². The smallest absolute Gasteiger partial charge is 0.281 e. The van der Waals surface area contributed by atoms with Gasteiger partial charge in [0.25, 0.3) is 17.2 Å². The van der Waals surface area contributed by atoms with Gasteiger partial charge in [0, 0.05) is 6.20 Å². The lowest BCUT2D eigenvalue weighted by Gasteiger charge is -2.08. The van der Waals surface area contributed by atoms with E-state index in [0.29, 0.717) is 10.7 Å². The van der Waals surface area contributed by atoms with Crippen molar-refractivity contribution in [1.82, 2.24) is 29.4 Å². The Hall–Kier alpha value is -3.01. The third-order valence-electron chi connectivity index (χ3n) is 3.47. The molecule has 0 spiro atoms. The first-order chi connectivity index (χ1) is 11.9. The molecule has 0 bridgehead atoms. The molecule has 1 aromatic carbocycles. The molecule has 0 aliphatic rings. The molecule has 0 aliphatic carbocycles. The topological polar surface area (TPSA) is 78.0 Å². The van der Waals surface area contributed by atoms with E-state index < -0.39 is 17.6 Å². The summed E-state index contributed by atoms with van der Waals surface area (Å²) >= 11 is 6.08. The number of fused-ring (bicyclic) bond motifs is 3. The molecule has 3 heterocycles. The van der Waals surface area contributed by atoms with Gasteiger partial charge in [0.05, 0.1) is 10.7 Å². The number of hydrogen-bond donors (Lipinski definition) is 0. The summed E-state index contributed by atoms with van der Waals surface area (Å²) in [5, 5.41) is 11.0. The summed E-state index contributed by atoms with van der Waals surface area (Å²) in [5.41, 5.74) is -0.286. The van der Waals surface area contributed by atoms with Crippen molar-refractivity contribution in [2.75, 3.05) is 0 Å². The van der Waals surface area contributed by atoms with Crippen molar-refractivity contribution in [2.24, 2.45) is 0 Å². The first-order valence-electron chi connectivity index (χ1n) is 6.83. The Kier molecular flexibility index (Phi) is 3.25. The molecule has 0 atom stereocenters. The minimum atomic E-state index is -4.73. The van der Waals surface area contributed by atoms with Gasteiger partial charge in [-0.15, -0.1) is 15.3 Å². The van der Waals surface area contributed by atoms with Gasteiger partial charge in [-0.25, -0.2) is 0 Å². The molecular formula is C14H6ClF3N6O. The van der Waals surface area contributed by atoms with E-state index >= 15 is 0 Å². The lowest BCUT2D eigenvalue weighted by molar-refractivity contribution is -0.144. The van der Waals surface area contributed by atoms with E-state index in [-0.39, 0.29) is 16.8 Å². The van der Waals surface area contributed by atoms with Crippen LogP contribution in [0.25, 0.3) is 22.5 Å². The molecule has 0 amide bonds. The molecule has 4 rings (SSSR count). The monoisotopic (exact) mass is 366 g/mol. The fourth-order valence-electron chi connectivity index (χ4n) is 2.36. The number of para-hydroxylation sites is 1. The Morgan fingerprint density at radius 2 is 1.84 bits per heavy atom. The number of rotatable bonds is 1. The van der Waals surface area contributed by atoms with Crippen LogP contribution in [-0.4, -0.2) is 29.4 Å². The minimum Gasteiger partial charge on any atom is -0.281 e. The summed E-state index contributed by atoms with van der Waals surface area (Å²) in [6, 6.07) is 8.03. The summed E-state index contributed by atoms with van der Waals surface area (Å²) in [6.07, 6.45) is -3.35. The number of nitrogens with zero attached hydrogens (tertiary/aromatic N) is 6. The van der Waals surface area contributed by atoms with Crippen LogP contribution >= 0.6 is 11.6 Å². The van der Waals surface area contributed by atoms with Gasteiger partial charge in [-0.05, 0) is 18.2 Å². The lowest BCUT2D eigenvalue weighted by atomic mass is 10.3. The van der Waals surface area contributed by atoms with Gasteiger partial charge in [0.15, 0.2) is 5.52 Å². The molecule has 0 radical (unpaired) electrons. The van der Waals surface area contributed by atoms with Gasteiger partial charge in [-0.3, -0.25) is 9.36 Å². The van der Waals surface area contributed by atoms with E-state index in [1.165, 1.54) is 16.8 Å². The highest BCUT2D eigenvalue weighted by Crippen LogP contribution is 2.26. The number of aromatic nitrogens is 6. The Bertz CT molecular complexity index is 1180. The Morgan fingerprint density at radius 1 is 1.08 bits per heavy atom. The van der Waals surface area contributed by atoms with E-state index in [4.69, 9.17) is 11.6 Å². The maximum absolute atomic E-state index is 12.8. The zero-order valence-electron chi connectivity index (χ0n) is 12.1. The van der Waals surface area contributed by atoms with Gasteiger partial charge in [-0.1, -0.05) is 23.7 Å². The van der Waals surface area contributed by atoms with Gasteiger partial charge >= 0.3 is 6.18 Å². The summed E-state index contributed by atoms with van der Waals surface area (Å²) in [6.45, 7) is 0. The Labute approximate surface area is 141 Å². The van der Waals surface area contributed by atoms with Crippen LogP contribution in [0.1, 0.15) is 5.82 Å². The van der Waals surface area contributed by atoms with Gasteiger partial charge in [0.1, 0.15) is 5.52 Å². The van der Waals surface area contributed by atoms with Crippen molar-refractivity contribution in [3.05, 3.63) is 57.7 Å². The summed E-state index contributed by atoms with van der Waals surface area (Å²) in [5.74, 6) is -1.71. The van der Waals surface area contributed by atoms with E-state index in [1.807, 2.05) is 0 Å². The van der Waals surface area contributed by atoms with Crippen LogP contribution in [0, 0.1) is 0 Å². The summed E-state index contributed by atoms with van der Waals surface area (Å²) < 4.78 is 40.4. The SMILES string of the molecule is O=c1c2nnc3nc(C(F)(F)F)nn3c2ccn1-c1ccccc1Cl. The lowest BCUT2D eigenvalue weighted by Crippen LogP contribution is -2.20. The fraction of sp³-hybridized carbons (Fsp3) is 0.0714. The van der Waals surface area contributed by atoms with Crippen LogP contribution in [0.5, 0.6) is 0 Å². The summed E-state index contributed by atoms with van der Waals surface area (Å²) in [7, 11) is 0. The maximum Gasteiger partial charge on any atom is 0.453 e. The number of alkyl halides is 3. The average Bonchev–Trinajstić information content (AvgIpc) is 3.01. The van der Waals surface area contributed by atoms with Crippen molar-refractivity contribution >= 4 is 28.4 Å². The Morgan fingerprint density at radius 3 is 2.56 bits per heavy atom. The quantitative estimate of drug-likeness (QED) is 0.517. The van der Waals surface area contributed by atoms with Crippen LogP contribution in [0.2, 0.25) is 5.02 Å². The molecule has 25 heavy (non-hydrogen) atoms. The van der Waals surface area contributed by atoms with Crippen LogP contribution in [0.15, 0.2) is 41.3 Å². The molecule has 3 aromatic heterocycles. The average molecular weight is 367 g/mol. The first-order valence-corrected chi connectivity index (χ1v) is 7.21. The van der Waals surface area contributed by atoms with E-state index in [2.05, 4.69) is 20.3 Å². The van der Waals surface area contributed by atoms with Gasteiger partial charge < -0.3 is 0 Å². The molecule has 0 N–H and O–H groups in total. The molecule has 0 aliphatic heterocycles.